The molecule has 1 N–H and O–H groups in total. The van der Waals surface area contributed by atoms with Gasteiger partial charge in [0.2, 0.25) is 5.91 Å². The lowest BCUT2D eigenvalue weighted by Gasteiger charge is -2.27. The van der Waals surface area contributed by atoms with E-state index in [4.69, 9.17) is 0 Å². The van der Waals surface area contributed by atoms with Gasteiger partial charge >= 0.3 is 0 Å². The Kier molecular flexibility index (Phi) is 4.33. The summed E-state index contributed by atoms with van der Waals surface area (Å²) in [5, 5.41) is 4.50. The Morgan fingerprint density at radius 1 is 1.00 bits per heavy atom. The zero-order chi connectivity index (χ0) is 18.2. The predicted octanol–water partition coefficient (Wildman–Crippen LogP) is 3.13. The number of imide groups is 1. The van der Waals surface area contributed by atoms with Gasteiger partial charge < -0.3 is 5.32 Å². The summed E-state index contributed by atoms with van der Waals surface area (Å²) >= 11 is 0. The number of nitrogens with one attached hydrogen (secondary N) is 1. The van der Waals surface area contributed by atoms with Crippen molar-refractivity contribution in [2.24, 2.45) is 0 Å². The molecule has 1 aliphatic rings. The van der Waals surface area contributed by atoms with Crippen molar-refractivity contribution in [2.75, 3.05) is 6.54 Å². The molecule has 3 amide bonds. The van der Waals surface area contributed by atoms with Gasteiger partial charge in [0, 0.05) is 35.0 Å². The maximum absolute atomic E-state index is 12.7. The number of rotatable bonds is 4. The minimum absolute atomic E-state index is 0.0769. The summed E-state index contributed by atoms with van der Waals surface area (Å²) in [7, 11) is 0. The second kappa shape index (κ2) is 6.31. The summed E-state index contributed by atoms with van der Waals surface area (Å²) in [4.78, 5) is 38.6. The molecule has 0 saturated carbocycles. The first kappa shape index (κ1) is 17.1. The highest BCUT2D eigenvalue weighted by Crippen LogP contribution is 2.29. The van der Waals surface area contributed by atoms with E-state index in [1.165, 1.54) is 4.90 Å². The van der Waals surface area contributed by atoms with E-state index in [1.807, 2.05) is 45.0 Å². The Bertz CT molecular complexity index is 814. The molecule has 0 aliphatic carbocycles. The van der Waals surface area contributed by atoms with Crippen LogP contribution in [0.5, 0.6) is 0 Å². The lowest BCUT2D eigenvalue weighted by molar-refractivity contribution is -0.122. The zero-order valence-corrected chi connectivity index (χ0v) is 14.8. The van der Waals surface area contributed by atoms with E-state index >= 15 is 0 Å². The molecule has 0 radical (unpaired) electrons. The standard InChI is InChI=1S/C20H22N2O3/c1-20(2,3)21-16(23)11-6-12-22-18(24)14-9-4-7-13-8-5-10-15(17(13)14)19(22)25/h4-5,7-10H,6,11-12H2,1-3H3,(H,21,23). The monoisotopic (exact) mass is 338 g/mol. The van der Waals surface area contributed by atoms with E-state index in [9.17, 15) is 14.4 Å². The van der Waals surface area contributed by atoms with Gasteiger partial charge in [-0.05, 0) is 44.7 Å². The largest absolute Gasteiger partial charge is 0.352 e. The third kappa shape index (κ3) is 3.40. The van der Waals surface area contributed by atoms with Crippen molar-refractivity contribution in [3.63, 3.8) is 0 Å². The molecule has 1 heterocycles. The van der Waals surface area contributed by atoms with Crippen LogP contribution >= 0.6 is 0 Å². The van der Waals surface area contributed by atoms with Crippen LogP contribution in [0, 0.1) is 0 Å². The summed E-state index contributed by atoms with van der Waals surface area (Å²) in [5.41, 5.74) is 0.807. The molecule has 0 bridgehead atoms. The minimum atomic E-state index is -0.289. The van der Waals surface area contributed by atoms with Gasteiger partial charge in [-0.25, -0.2) is 0 Å². The second-order valence-electron chi connectivity index (χ2n) is 7.37. The van der Waals surface area contributed by atoms with Crippen LogP contribution in [0.1, 0.15) is 54.3 Å². The van der Waals surface area contributed by atoms with Crippen LogP contribution in [-0.2, 0) is 4.79 Å². The molecular formula is C20H22N2O3. The summed E-state index contributed by atoms with van der Waals surface area (Å²) in [5.74, 6) is -0.650. The summed E-state index contributed by atoms with van der Waals surface area (Å²) < 4.78 is 0. The Morgan fingerprint density at radius 3 is 2.08 bits per heavy atom. The molecule has 0 atom stereocenters. The van der Waals surface area contributed by atoms with E-state index in [0.29, 0.717) is 17.5 Å². The van der Waals surface area contributed by atoms with Crippen LogP contribution in [0.2, 0.25) is 0 Å². The lowest BCUT2D eigenvalue weighted by atomic mass is 9.94. The maximum atomic E-state index is 12.7. The number of benzene rings is 2. The third-order valence-electron chi connectivity index (χ3n) is 4.16. The molecule has 0 aromatic heterocycles. The first-order chi connectivity index (χ1) is 11.8. The zero-order valence-electron chi connectivity index (χ0n) is 14.8. The second-order valence-corrected chi connectivity index (χ2v) is 7.37. The molecule has 5 nitrogen and oxygen atoms in total. The van der Waals surface area contributed by atoms with Gasteiger partial charge in [-0.1, -0.05) is 24.3 Å². The fourth-order valence-corrected chi connectivity index (χ4v) is 3.16. The maximum Gasteiger partial charge on any atom is 0.261 e. The SMILES string of the molecule is CC(C)(C)NC(=O)CCCN1C(=O)c2cccc3cccc(c23)C1=O. The van der Waals surface area contributed by atoms with Gasteiger partial charge in [-0.3, -0.25) is 19.3 Å². The molecule has 0 spiro atoms. The molecule has 25 heavy (non-hydrogen) atoms. The van der Waals surface area contributed by atoms with Gasteiger partial charge in [-0.2, -0.15) is 0 Å². The van der Waals surface area contributed by atoms with Gasteiger partial charge in [0.05, 0.1) is 0 Å². The van der Waals surface area contributed by atoms with Crippen molar-refractivity contribution in [3.8, 4) is 0 Å². The first-order valence-electron chi connectivity index (χ1n) is 8.47. The van der Waals surface area contributed by atoms with Crippen LogP contribution in [0.25, 0.3) is 10.8 Å². The van der Waals surface area contributed by atoms with Crippen molar-refractivity contribution >= 4 is 28.5 Å². The number of carbonyl (C=O) groups excluding carboxylic acids is 3. The number of amides is 3. The van der Waals surface area contributed by atoms with Crippen molar-refractivity contribution in [3.05, 3.63) is 47.5 Å². The fourth-order valence-electron chi connectivity index (χ4n) is 3.16. The number of nitrogens with zero attached hydrogens (tertiary/aromatic N) is 1. The van der Waals surface area contributed by atoms with Crippen LogP contribution in [0.4, 0.5) is 0 Å². The van der Waals surface area contributed by atoms with Gasteiger partial charge in [0.25, 0.3) is 11.8 Å². The van der Waals surface area contributed by atoms with Crippen LogP contribution < -0.4 is 5.32 Å². The molecular weight excluding hydrogens is 316 g/mol. The topological polar surface area (TPSA) is 66.5 Å². The van der Waals surface area contributed by atoms with E-state index in [1.54, 1.807) is 12.1 Å². The molecule has 1 aliphatic heterocycles. The smallest absolute Gasteiger partial charge is 0.261 e. The van der Waals surface area contributed by atoms with E-state index in [0.717, 1.165) is 10.8 Å². The van der Waals surface area contributed by atoms with E-state index in [2.05, 4.69) is 5.32 Å². The molecule has 3 rings (SSSR count). The molecule has 2 aromatic carbocycles. The van der Waals surface area contributed by atoms with Crippen molar-refractivity contribution in [2.45, 2.75) is 39.2 Å². The summed E-state index contributed by atoms with van der Waals surface area (Å²) in [6.07, 6.45) is 0.720. The van der Waals surface area contributed by atoms with Crippen molar-refractivity contribution in [1.82, 2.24) is 10.2 Å². The Hall–Kier alpha value is -2.69. The molecule has 0 saturated heterocycles. The van der Waals surface area contributed by atoms with Crippen LogP contribution in [0.15, 0.2) is 36.4 Å². The van der Waals surface area contributed by atoms with Gasteiger partial charge in [0.1, 0.15) is 0 Å². The van der Waals surface area contributed by atoms with E-state index in [-0.39, 0.29) is 36.2 Å². The average molecular weight is 338 g/mol. The minimum Gasteiger partial charge on any atom is -0.352 e. The lowest BCUT2D eigenvalue weighted by Crippen LogP contribution is -2.42. The van der Waals surface area contributed by atoms with Gasteiger partial charge in [-0.15, -0.1) is 0 Å². The average Bonchev–Trinajstić information content (AvgIpc) is 2.54. The van der Waals surface area contributed by atoms with Gasteiger partial charge in [0.15, 0.2) is 0 Å². The molecule has 0 unspecified atom stereocenters. The number of carbonyl (C=O) groups is 3. The molecule has 2 aromatic rings. The summed E-state index contributed by atoms with van der Waals surface area (Å²) in [6.45, 7) is 5.99. The molecule has 5 heteroatoms. The first-order valence-corrected chi connectivity index (χ1v) is 8.47. The normalized spacial score (nSPS) is 14.1. The van der Waals surface area contributed by atoms with Crippen LogP contribution in [0.3, 0.4) is 0 Å². The Morgan fingerprint density at radius 2 is 1.56 bits per heavy atom. The fraction of sp³-hybridized carbons (Fsp3) is 0.350. The Balaban J connectivity index is 1.76. The predicted molar refractivity (Wildman–Crippen MR) is 96.4 cm³/mol. The number of hydrogen-bond donors (Lipinski definition) is 1. The van der Waals surface area contributed by atoms with E-state index < -0.39 is 0 Å². The van der Waals surface area contributed by atoms with Crippen LogP contribution in [-0.4, -0.2) is 34.7 Å². The number of hydrogen-bond acceptors (Lipinski definition) is 3. The highest BCUT2D eigenvalue weighted by atomic mass is 16.2. The Labute approximate surface area is 147 Å². The quantitative estimate of drug-likeness (QED) is 0.871. The van der Waals surface area contributed by atoms with Crippen molar-refractivity contribution in [1.29, 1.82) is 0 Å². The molecule has 130 valence electrons. The third-order valence-corrected chi connectivity index (χ3v) is 4.16. The van der Waals surface area contributed by atoms with Crippen molar-refractivity contribution < 1.29 is 14.4 Å². The molecule has 0 fully saturated rings. The highest BCUT2D eigenvalue weighted by Gasteiger charge is 2.32. The highest BCUT2D eigenvalue weighted by molar-refractivity contribution is 6.25. The summed E-state index contributed by atoms with van der Waals surface area (Å²) in [6, 6.07) is 10.9.